The monoisotopic (exact) mass is 419 g/mol. The van der Waals surface area contributed by atoms with E-state index >= 15 is 0 Å². The first-order valence-electron chi connectivity index (χ1n) is 9.54. The van der Waals surface area contributed by atoms with Crippen molar-refractivity contribution in [1.82, 2.24) is 5.43 Å². The molecule has 0 radical (unpaired) electrons. The predicted octanol–water partition coefficient (Wildman–Crippen LogP) is 4.54. The highest BCUT2D eigenvalue weighted by atomic mass is 32.1. The third-order valence-corrected chi connectivity index (χ3v) is 5.87. The number of nitrogens with one attached hydrogen (secondary N) is 2. The molecule has 2 amide bonds. The first-order valence-corrected chi connectivity index (χ1v) is 10.4. The number of methoxy groups -OCH3 is 1. The largest absolute Gasteiger partial charge is 0.497 e. The molecule has 7 heteroatoms. The highest BCUT2D eigenvalue weighted by Crippen LogP contribution is 2.28. The zero-order valence-corrected chi connectivity index (χ0v) is 17.5. The third-order valence-electron chi connectivity index (χ3n) is 4.94. The molecule has 0 bridgehead atoms. The number of rotatable bonds is 5. The maximum atomic E-state index is 12.6. The molecule has 6 nitrogen and oxygen atoms in total. The van der Waals surface area contributed by atoms with Crippen LogP contribution < -0.4 is 15.5 Å². The van der Waals surface area contributed by atoms with Crippen LogP contribution in [0, 0.1) is 5.92 Å². The van der Waals surface area contributed by atoms with Crippen LogP contribution in [0.5, 0.6) is 5.75 Å². The number of nitrogens with zero attached hydrogens (tertiary/aromatic N) is 1. The SMILES string of the molecule is COc1ccc(-c2csc(C(=O)Nc3ccc(C4=NNC(=O)CC4C)cc3)c2)cc1. The Morgan fingerprint density at radius 3 is 2.47 bits per heavy atom. The van der Waals surface area contributed by atoms with Crippen LogP contribution in [0.4, 0.5) is 5.69 Å². The minimum absolute atomic E-state index is 0.0571. The summed E-state index contributed by atoms with van der Waals surface area (Å²) in [5.41, 5.74) is 7.03. The second kappa shape index (κ2) is 8.51. The molecule has 2 aromatic carbocycles. The number of hydrogen-bond donors (Lipinski definition) is 2. The number of carbonyl (C=O) groups excluding carboxylic acids is 2. The molecule has 3 aromatic rings. The van der Waals surface area contributed by atoms with E-state index in [1.807, 2.05) is 66.9 Å². The van der Waals surface area contributed by atoms with E-state index in [1.54, 1.807) is 7.11 Å². The van der Waals surface area contributed by atoms with Gasteiger partial charge in [-0.2, -0.15) is 5.10 Å². The van der Waals surface area contributed by atoms with E-state index in [9.17, 15) is 9.59 Å². The van der Waals surface area contributed by atoms with E-state index in [2.05, 4.69) is 15.8 Å². The molecular weight excluding hydrogens is 398 g/mol. The van der Waals surface area contributed by atoms with Crippen molar-refractivity contribution in [3.8, 4) is 16.9 Å². The van der Waals surface area contributed by atoms with Gasteiger partial charge in [-0.25, -0.2) is 5.43 Å². The van der Waals surface area contributed by atoms with Crippen LogP contribution >= 0.6 is 11.3 Å². The van der Waals surface area contributed by atoms with Crippen LogP contribution in [-0.4, -0.2) is 24.6 Å². The molecule has 0 spiro atoms. The second-order valence-electron chi connectivity index (χ2n) is 7.10. The Morgan fingerprint density at radius 1 is 1.10 bits per heavy atom. The minimum Gasteiger partial charge on any atom is -0.497 e. The van der Waals surface area contributed by atoms with Gasteiger partial charge in [-0.1, -0.05) is 31.2 Å². The molecule has 0 aliphatic carbocycles. The highest BCUT2D eigenvalue weighted by Gasteiger charge is 2.21. The van der Waals surface area contributed by atoms with E-state index in [0.717, 1.165) is 28.2 Å². The molecule has 0 fully saturated rings. The summed E-state index contributed by atoms with van der Waals surface area (Å²) in [5, 5.41) is 9.07. The molecule has 2 heterocycles. The van der Waals surface area contributed by atoms with Crippen molar-refractivity contribution in [2.45, 2.75) is 13.3 Å². The van der Waals surface area contributed by atoms with E-state index in [4.69, 9.17) is 4.74 Å². The smallest absolute Gasteiger partial charge is 0.265 e. The lowest BCUT2D eigenvalue weighted by Gasteiger charge is -2.19. The normalized spacial score (nSPS) is 15.9. The molecule has 2 N–H and O–H groups in total. The van der Waals surface area contributed by atoms with Crippen LogP contribution in [0.3, 0.4) is 0 Å². The molecular formula is C23H21N3O3S. The summed E-state index contributed by atoms with van der Waals surface area (Å²) >= 11 is 1.41. The van der Waals surface area contributed by atoms with Gasteiger partial charge in [0, 0.05) is 18.0 Å². The van der Waals surface area contributed by atoms with Crippen molar-refractivity contribution in [2.24, 2.45) is 11.0 Å². The fourth-order valence-electron chi connectivity index (χ4n) is 3.31. The lowest BCUT2D eigenvalue weighted by molar-refractivity contribution is -0.121. The Balaban J connectivity index is 1.44. The molecule has 4 rings (SSSR count). The minimum atomic E-state index is -0.150. The Labute approximate surface area is 178 Å². The first-order chi connectivity index (χ1) is 14.5. The van der Waals surface area contributed by atoms with Crippen molar-refractivity contribution in [3.63, 3.8) is 0 Å². The van der Waals surface area contributed by atoms with Crippen molar-refractivity contribution in [3.05, 3.63) is 70.4 Å². The number of thiophene rings is 1. The van der Waals surface area contributed by atoms with Crippen molar-refractivity contribution < 1.29 is 14.3 Å². The Kier molecular flexibility index (Phi) is 5.63. The number of amides is 2. The maximum absolute atomic E-state index is 12.6. The average Bonchev–Trinajstić information content (AvgIpc) is 3.25. The summed E-state index contributed by atoms with van der Waals surface area (Å²) in [7, 11) is 1.63. The van der Waals surface area contributed by atoms with Crippen LogP contribution in [0.1, 0.15) is 28.6 Å². The fourth-order valence-corrected chi connectivity index (χ4v) is 4.12. The first kappa shape index (κ1) is 19.8. The highest BCUT2D eigenvalue weighted by molar-refractivity contribution is 7.12. The number of carbonyl (C=O) groups is 2. The summed E-state index contributed by atoms with van der Waals surface area (Å²) in [6.45, 7) is 1.98. The maximum Gasteiger partial charge on any atom is 0.265 e. The van der Waals surface area contributed by atoms with Crippen LogP contribution in [0.15, 0.2) is 65.1 Å². The lowest BCUT2D eigenvalue weighted by atomic mass is 9.94. The molecule has 1 aliphatic heterocycles. The third kappa shape index (κ3) is 4.26. The molecule has 1 atom stereocenters. The number of hydrazone groups is 1. The van der Waals surface area contributed by atoms with Crippen LogP contribution in [0.2, 0.25) is 0 Å². The lowest BCUT2D eigenvalue weighted by Crippen LogP contribution is -2.31. The van der Waals surface area contributed by atoms with Crippen molar-refractivity contribution >= 4 is 34.6 Å². The second-order valence-corrected chi connectivity index (χ2v) is 8.01. The summed E-state index contributed by atoms with van der Waals surface area (Å²) in [6, 6.07) is 17.1. The van der Waals surface area contributed by atoms with E-state index in [0.29, 0.717) is 17.0 Å². The zero-order chi connectivity index (χ0) is 21.1. The molecule has 30 heavy (non-hydrogen) atoms. The summed E-state index contributed by atoms with van der Waals surface area (Å²) < 4.78 is 5.19. The van der Waals surface area contributed by atoms with Gasteiger partial charge in [0.15, 0.2) is 0 Å². The van der Waals surface area contributed by atoms with Gasteiger partial charge in [0.25, 0.3) is 5.91 Å². The van der Waals surface area contributed by atoms with Gasteiger partial charge in [0.1, 0.15) is 5.75 Å². The Morgan fingerprint density at radius 2 is 1.80 bits per heavy atom. The number of benzene rings is 2. The van der Waals surface area contributed by atoms with Gasteiger partial charge < -0.3 is 10.1 Å². The molecule has 0 saturated heterocycles. The van der Waals surface area contributed by atoms with Crippen molar-refractivity contribution in [1.29, 1.82) is 0 Å². The number of hydrogen-bond acceptors (Lipinski definition) is 5. The molecule has 1 aliphatic rings. The molecule has 152 valence electrons. The van der Waals surface area contributed by atoms with Gasteiger partial charge in [-0.05, 0) is 52.4 Å². The standard InChI is InChI=1S/C23H21N3O3S/c1-14-11-21(27)25-26-22(14)16-3-7-18(8-4-16)24-23(28)20-12-17(13-30-20)15-5-9-19(29-2)10-6-15/h3-10,12-14H,11H2,1-2H3,(H,24,28)(H,25,27). The van der Waals surface area contributed by atoms with Gasteiger partial charge >= 0.3 is 0 Å². The van der Waals surface area contributed by atoms with Crippen LogP contribution in [-0.2, 0) is 4.79 Å². The van der Waals surface area contributed by atoms with E-state index < -0.39 is 0 Å². The number of ether oxygens (including phenoxy) is 1. The average molecular weight is 420 g/mol. The molecule has 1 aromatic heterocycles. The van der Waals surface area contributed by atoms with E-state index in [1.165, 1.54) is 11.3 Å². The van der Waals surface area contributed by atoms with Gasteiger partial charge in [0.2, 0.25) is 5.91 Å². The van der Waals surface area contributed by atoms with Crippen molar-refractivity contribution in [2.75, 3.05) is 12.4 Å². The van der Waals surface area contributed by atoms with Gasteiger partial charge in [0.05, 0.1) is 17.7 Å². The molecule has 0 saturated carbocycles. The predicted molar refractivity (Wildman–Crippen MR) is 119 cm³/mol. The number of anilines is 1. The zero-order valence-electron chi connectivity index (χ0n) is 16.6. The quantitative estimate of drug-likeness (QED) is 0.637. The topological polar surface area (TPSA) is 79.8 Å². The fraction of sp³-hybridized carbons (Fsp3) is 0.174. The van der Waals surface area contributed by atoms with Crippen LogP contribution in [0.25, 0.3) is 11.1 Å². The summed E-state index contributed by atoms with van der Waals surface area (Å²) in [4.78, 5) is 24.7. The molecule has 1 unspecified atom stereocenters. The summed E-state index contributed by atoms with van der Waals surface area (Å²) in [6.07, 6.45) is 0.423. The van der Waals surface area contributed by atoms with E-state index in [-0.39, 0.29) is 17.7 Å². The Hall–Kier alpha value is -3.45. The van der Waals surface area contributed by atoms with Gasteiger partial charge in [-0.3, -0.25) is 9.59 Å². The Bertz CT molecular complexity index is 1100. The summed E-state index contributed by atoms with van der Waals surface area (Å²) in [5.74, 6) is 0.635. The van der Waals surface area contributed by atoms with Gasteiger partial charge in [-0.15, -0.1) is 11.3 Å².